The molecule has 0 aromatic heterocycles. The van der Waals surface area contributed by atoms with Gasteiger partial charge in [-0.05, 0) is 59.0 Å². The van der Waals surface area contributed by atoms with Crippen LogP contribution in [0.25, 0.3) is 0 Å². The van der Waals surface area contributed by atoms with Crippen molar-refractivity contribution in [3.05, 3.63) is 32.9 Å². The fraction of sp³-hybridized carbons (Fsp3) is 0.333. The summed E-state index contributed by atoms with van der Waals surface area (Å²) in [7, 11) is 0. The van der Waals surface area contributed by atoms with Crippen molar-refractivity contribution in [2.24, 2.45) is 0 Å². The predicted octanol–water partition coefficient (Wildman–Crippen LogP) is 3.45. The molecule has 0 radical (unpaired) electrons. The topological polar surface area (TPSA) is 0 Å². The van der Waals surface area contributed by atoms with Gasteiger partial charge in [-0.15, -0.1) is 0 Å². The monoisotopic (exact) mass is 280 g/mol. The molecule has 0 spiro atoms. The standard InChI is InChI=1S/C9H7F2I/c10-7-3-6(5-1-2-5)4-8(11)9(7)12/h3-5H,1-2H2. The molecular weight excluding hydrogens is 273 g/mol. The smallest absolute Gasteiger partial charge is 0.139 e. The van der Waals surface area contributed by atoms with Crippen molar-refractivity contribution < 1.29 is 8.78 Å². The Hall–Kier alpha value is -0.190. The fourth-order valence-electron chi connectivity index (χ4n) is 1.23. The number of benzene rings is 1. The maximum absolute atomic E-state index is 13.0. The van der Waals surface area contributed by atoms with Gasteiger partial charge in [0.2, 0.25) is 0 Å². The molecule has 12 heavy (non-hydrogen) atoms. The zero-order chi connectivity index (χ0) is 8.72. The fourth-order valence-corrected chi connectivity index (χ4v) is 1.54. The zero-order valence-corrected chi connectivity index (χ0v) is 8.44. The summed E-state index contributed by atoms with van der Waals surface area (Å²) >= 11 is 1.68. The highest BCUT2D eigenvalue weighted by atomic mass is 127. The van der Waals surface area contributed by atoms with Gasteiger partial charge in [0.05, 0.1) is 3.57 Å². The van der Waals surface area contributed by atoms with Crippen LogP contribution in [0.3, 0.4) is 0 Å². The molecule has 0 bridgehead atoms. The second-order valence-electron chi connectivity index (χ2n) is 3.07. The van der Waals surface area contributed by atoms with E-state index in [2.05, 4.69) is 0 Å². The number of hydrogen-bond donors (Lipinski definition) is 0. The average molecular weight is 280 g/mol. The SMILES string of the molecule is Fc1cc(C2CC2)cc(F)c1I. The van der Waals surface area contributed by atoms with E-state index in [4.69, 9.17) is 0 Å². The van der Waals surface area contributed by atoms with Gasteiger partial charge in [0.1, 0.15) is 11.6 Å². The van der Waals surface area contributed by atoms with Gasteiger partial charge in [-0.2, -0.15) is 0 Å². The van der Waals surface area contributed by atoms with Crippen LogP contribution < -0.4 is 0 Å². The Morgan fingerprint density at radius 1 is 1.17 bits per heavy atom. The molecule has 1 aromatic rings. The summed E-state index contributed by atoms with van der Waals surface area (Å²) in [5.74, 6) is -0.457. The van der Waals surface area contributed by atoms with E-state index < -0.39 is 11.6 Å². The number of halogens is 3. The first kappa shape index (κ1) is 8.41. The van der Waals surface area contributed by atoms with E-state index in [9.17, 15) is 8.78 Å². The van der Waals surface area contributed by atoms with Crippen LogP contribution in [0, 0.1) is 15.2 Å². The quantitative estimate of drug-likeness (QED) is 0.546. The summed E-state index contributed by atoms with van der Waals surface area (Å²) in [6.07, 6.45) is 2.14. The maximum Gasteiger partial charge on any atom is 0.139 e. The lowest BCUT2D eigenvalue weighted by atomic mass is 10.1. The van der Waals surface area contributed by atoms with Gasteiger partial charge >= 0.3 is 0 Å². The van der Waals surface area contributed by atoms with Crippen LogP contribution in [-0.2, 0) is 0 Å². The molecule has 1 aliphatic rings. The van der Waals surface area contributed by atoms with Gasteiger partial charge in [-0.3, -0.25) is 0 Å². The maximum atomic E-state index is 13.0. The van der Waals surface area contributed by atoms with Crippen LogP contribution >= 0.6 is 22.6 Å². The Morgan fingerprint density at radius 2 is 1.67 bits per heavy atom. The summed E-state index contributed by atoms with van der Waals surface area (Å²) in [6.45, 7) is 0. The molecule has 1 saturated carbocycles. The van der Waals surface area contributed by atoms with E-state index >= 15 is 0 Å². The van der Waals surface area contributed by atoms with E-state index in [1.165, 1.54) is 12.1 Å². The minimum atomic E-state index is -0.433. The molecule has 1 aromatic carbocycles. The Morgan fingerprint density at radius 3 is 2.08 bits per heavy atom. The third kappa shape index (κ3) is 1.46. The molecule has 64 valence electrons. The molecule has 0 atom stereocenters. The average Bonchev–Trinajstić information content (AvgIpc) is 2.81. The van der Waals surface area contributed by atoms with Crippen molar-refractivity contribution in [2.75, 3.05) is 0 Å². The van der Waals surface area contributed by atoms with Crippen molar-refractivity contribution in [1.29, 1.82) is 0 Å². The first-order chi connectivity index (χ1) is 5.68. The first-order valence-corrected chi connectivity index (χ1v) is 4.91. The van der Waals surface area contributed by atoms with Crippen molar-refractivity contribution in [3.8, 4) is 0 Å². The van der Waals surface area contributed by atoms with E-state index in [0.29, 0.717) is 5.92 Å². The first-order valence-electron chi connectivity index (χ1n) is 3.83. The van der Waals surface area contributed by atoms with Crippen molar-refractivity contribution in [3.63, 3.8) is 0 Å². The predicted molar refractivity (Wildman–Crippen MR) is 51.1 cm³/mol. The van der Waals surface area contributed by atoms with Crippen LogP contribution in [0.1, 0.15) is 24.3 Å². The molecule has 1 aliphatic carbocycles. The van der Waals surface area contributed by atoms with Gasteiger partial charge in [0, 0.05) is 0 Å². The van der Waals surface area contributed by atoms with Crippen molar-refractivity contribution in [2.45, 2.75) is 18.8 Å². The molecule has 0 heterocycles. The Kier molecular flexibility index (Phi) is 2.06. The summed E-state index contributed by atoms with van der Waals surface area (Å²) in [5, 5.41) is 0. The van der Waals surface area contributed by atoms with Crippen molar-refractivity contribution in [1.82, 2.24) is 0 Å². The Labute approximate surface area is 83.1 Å². The minimum Gasteiger partial charge on any atom is -0.206 e. The number of rotatable bonds is 1. The Balaban J connectivity index is 2.45. The number of hydrogen-bond acceptors (Lipinski definition) is 0. The molecule has 3 heteroatoms. The molecule has 0 unspecified atom stereocenters. The van der Waals surface area contributed by atoms with E-state index in [1.54, 1.807) is 22.6 Å². The highest BCUT2D eigenvalue weighted by Gasteiger charge is 2.25. The van der Waals surface area contributed by atoms with Crippen LogP contribution in [0.2, 0.25) is 0 Å². The highest BCUT2D eigenvalue weighted by molar-refractivity contribution is 14.1. The summed E-state index contributed by atoms with van der Waals surface area (Å²) in [5.41, 5.74) is 0.811. The normalized spacial score (nSPS) is 16.6. The largest absolute Gasteiger partial charge is 0.206 e. The van der Waals surface area contributed by atoms with Gasteiger partial charge in [0.25, 0.3) is 0 Å². The zero-order valence-electron chi connectivity index (χ0n) is 6.28. The van der Waals surface area contributed by atoms with E-state index in [0.717, 1.165) is 18.4 Å². The Bertz CT molecular complexity index is 295. The summed E-state index contributed by atoms with van der Waals surface area (Å²) in [4.78, 5) is 0. The molecule has 2 rings (SSSR count). The second kappa shape index (κ2) is 2.94. The van der Waals surface area contributed by atoms with Crippen LogP contribution in [0.15, 0.2) is 12.1 Å². The molecule has 0 saturated heterocycles. The molecule has 0 N–H and O–H groups in total. The van der Waals surface area contributed by atoms with Crippen LogP contribution in [-0.4, -0.2) is 0 Å². The van der Waals surface area contributed by atoms with E-state index in [-0.39, 0.29) is 3.57 Å². The molecule has 0 amide bonds. The third-order valence-electron chi connectivity index (χ3n) is 2.05. The third-order valence-corrected chi connectivity index (χ3v) is 3.09. The molecular formula is C9H7F2I. The lowest BCUT2D eigenvalue weighted by Crippen LogP contribution is -1.91. The van der Waals surface area contributed by atoms with Crippen molar-refractivity contribution >= 4 is 22.6 Å². The molecule has 0 nitrogen and oxygen atoms in total. The van der Waals surface area contributed by atoms with Crippen LogP contribution in [0.5, 0.6) is 0 Å². The molecule has 1 fully saturated rings. The van der Waals surface area contributed by atoms with Gasteiger partial charge < -0.3 is 0 Å². The summed E-state index contributed by atoms with van der Waals surface area (Å²) < 4.78 is 26.1. The second-order valence-corrected chi connectivity index (χ2v) is 4.15. The van der Waals surface area contributed by atoms with Gasteiger partial charge in [-0.1, -0.05) is 0 Å². The minimum absolute atomic E-state index is 0.0944. The lowest BCUT2D eigenvalue weighted by Gasteiger charge is -2.01. The highest BCUT2D eigenvalue weighted by Crippen LogP contribution is 2.40. The molecule has 0 aliphatic heterocycles. The van der Waals surface area contributed by atoms with Crippen LogP contribution in [0.4, 0.5) is 8.78 Å². The summed E-state index contributed by atoms with van der Waals surface area (Å²) in [6, 6.07) is 2.89. The van der Waals surface area contributed by atoms with Gasteiger partial charge in [-0.25, -0.2) is 8.78 Å². The lowest BCUT2D eigenvalue weighted by molar-refractivity contribution is 0.567. The van der Waals surface area contributed by atoms with E-state index in [1.807, 2.05) is 0 Å². The van der Waals surface area contributed by atoms with Gasteiger partial charge in [0.15, 0.2) is 0 Å².